The van der Waals surface area contributed by atoms with Crippen molar-refractivity contribution < 1.29 is 19.8 Å². The number of hydrogen-bond acceptors (Lipinski definition) is 4. The first-order chi connectivity index (χ1) is 10.3. The molecule has 0 aromatic heterocycles. The molecule has 4 nitrogen and oxygen atoms in total. The van der Waals surface area contributed by atoms with Crippen LogP contribution in [-0.4, -0.2) is 11.9 Å². The smallest absolute Gasteiger partial charge is 0.0721 e. The van der Waals surface area contributed by atoms with E-state index >= 15 is 0 Å². The second kappa shape index (κ2) is 7.97. The molecule has 0 saturated heterocycles. The van der Waals surface area contributed by atoms with Gasteiger partial charge in [-0.05, 0) is 35.8 Å². The van der Waals surface area contributed by atoms with Gasteiger partial charge in [0.25, 0.3) is 0 Å². The number of carbonyl (C=O) groups is 2. The van der Waals surface area contributed by atoms with Gasteiger partial charge in [0.2, 0.25) is 0 Å². The minimum atomic E-state index is -1.34. The highest BCUT2D eigenvalue weighted by Crippen LogP contribution is 2.25. The quantitative estimate of drug-likeness (QED) is 0.730. The predicted octanol–water partition coefficient (Wildman–Crippen LogP) is 1.59. The first-order valence-corrected chi connectivity index (χ1v) is 7.89. The van der Waals surface area contributed by atoms with Gasteiger partial charge in [-0.3, -0.25) is 0 Å². The van der Waals surface area contributed by atoms with Crippen molar-refractivity contribution in [2.45, 2.75) is 53.4 Å². The molecule has 2 unspecified atom stereocenters. The third-order valence-corrected chi connectivity index (χ3v) is 4.34. The fraction of sp³-hybridized carbons (Fsp3) is 0.556. The third-order valence-electron chi connectivity index (χ3n) is 4.34. The molecule has 0 aliphatic heterocycles. The number of carboxylic acid groups (broad SMARTS) is 2. The summed E-state index contributed by atoms with van der Waals surface area (Å²) in [4.78, 5) is 23.0. The van der Waals surface area contributed by atoms with Crippen LogP contribution in [0, 0.1) is 11.8 Å². The van der Waals surface area contributed by atoms with Crippen LogP contribution in [0.3, 0.4) is 0 Å². The van der Waals surface area contributed by atoms with Crippen LogP contribution in [0.25, 0.3) is 0 Å². The maximum Gasteiger partial charge on any atom is 0.0721 e. The van der Waals surface area contributed by atoms with Gasteiger partial charge in [-0.15, -0.1) is 0 Å². The second-order valence-electron chi connectivity index (χ2n) is 6.14. The molecule has 0 heterocycles. The first-order valence-electron chi connectivity index (χ1n) is 7.89. The molecule has 22 heavy (non-hydrogen) atoms. The Morgan fingerprint density at radius 2 is 1.50 bits per heavy atom. The van der Waals surface area contributed by atoms with E-state index in [1.807, 2.05) is 27.7 Å². The lowest BCUT2D eigenvalue weighted by Crippen LogP contribution is -2.30. The molecule has 1 aromatic carbocycles. The standard InChI is InChI=1S/C18H26O4/c1-5-11(3)9-13-7-8-14(17(19)20)15(10-12(4)6-2)16(13)18(21)22/h7-8,11-12H,5-6,9-10H2,1-4H3,(H,19,20)(H,21,22)/p-2. The second-order valence-corrected chi connectivity index (χ2v) is 6.14. The Morgan fingerprint density at radius 1 is 0.955 bits per heavy atom. The van der Waals surface area contributed by atoms with Crippen molar-refractivity contribution in [3.05, 3.63) is 34.4 Å². The average Bonchev–Trinajstić information content (AvgIpc) is 2.46. The van der Waals surface area contributed by atoms with E-state index in [0.717, 1.165) is 12.8 Å². The number of aromatic carboxylic acids is 2. The Hall–Kier alpha value is -1.84. The fourth-order valence-corrected chi connectivity index (χ4v) is 2.54. The maximum absolute atomic E-state index is 11.6. The molecule has 1 aromatic rings. The van der Waals surface area contributed by atoms with Gasteiger partial charge in [-0.2, -0.15) is 0 Å². The number of carboxylic acids is 2. The van der Waals surface area contributed by atoms with E-state index in [4.69, 9.17) is 0 Å². The van der Waals surface area contributed by atoms with Crippen LogP contribution < -0.4 is 10.2 Å². The zero-order valence-electron chi connectivity index (χ0n) is 13.8. The zero-order valence-corrected chi connectivity index (χ0v) is 13.8. The highest BCUT2D eigenvalue weighted by molar-refractivity contribution is 5.96. The van der Waals surface area contributed by atoms with E-state index in [1.165, 1.54) is 6.07 Å². The molecule has 0 fully saturated rings. The van der Waals surface area contributed by atoms with E-state index in [9.17, 15) is 19.8 Å². The Morgan fingerprint density at radius 3 is 1.95 bits per heavy atom. The van der Waals surface area contributed by atoms with Crippen LogP contribution >= 0.6 is 0 Å². The van der Waals surface area contributed by atoms with E-state index in [2.05, 4.69) is 0 Å². The van der Waals surface area contributed by atoms with E-state index < -0.39 is 11.9 Å². The van der Waals surface area contributed by atoms with Gasteiger partial charge in [0, 0.05) is 11.1 Å². The predicted molar refractivity (Wildman–Crippen MR) is 81.4 cm³/mol. The highest BCUT2D eigenvalue weighted by atomic mass is 16.4. The first kappa shape index (κ1) is 18.2. The van der Waals surface area contributed by atoms with Gasteiger partial charge in [0.05, 0.1) is 11.9 Å². The van der Waals surface area contributed by atoms with Gasteiger partial charge < -0.3 is 19.8 Å². The molecule has 0 radical (unpaired) electrons. The number of rotatable bonds is 8. The Labute approximate surface area is 132 Å². The highest BCUT2D eigenvalue weighted by Gasteiger charge is 2.18. The van der Waals surface area contributed by atoms with Gasteiger partial charge in [0.1, 0.15) is 0 Å². The molecule has 1 rings (SSSR count). The minimum Gasteiger partial charge on any atom is -0.545 e. The molecule has 0 aliphatic carbocycles. The summed E-state index contributed by atoms with van der Waals surface area (Å²) >= 11 is 0. The summed E-state index contributed by atoms with van der Waals surface area (Å²) in [6, 6.07) is 3.06. The van der Waals surface area contributed by atoms with E-state index in [0.29, 0.717) is 29.9 Å². The molecule has 122 valence electrons. The molecule has 4 heteroatoms. The Bertz CT molecular complexity index is 548. The fourth-order valence-electron chi connectivity index (χ4n) is 2.54. The van der Waals surface area contributed by atoms with Gasteiger partial charge in [-0.25, -0.2) is 0 Å². The summed E-state index contributed by atoms with van der Waals surface area (Å²) in [5.41, 5.74) is 1.00. The minimum absolute atomic E-state index is 0.0348. The van der Waals surface area contributed by atoms with Crippen LogP contribution in [0.5, 0.6) is 0 Å². The maximum atomic E-state index is 11.6. The van der Waals surface area contributed by atoms with Crippen molar-refractivity contribution in [3.8, 4) is 0 Å². The summed E-state index contributed by atoms with van der Waals surface area (Å²) in [6.45, 7) is 8.05. The van der Waals surface area contributed by atoms with Crippen molar-refractivity contribution in [2.75, 3.05) is 0 Å². The summed E-state index contributed by atoms with van der Waals surface area (Å²) < 4.78 is 0. The third kappa shape index (κ3) is 4.33. The lowest BCUT2D eigenvalue weighted by atomic mass is 9.86. The lowest BCUT2D eigenvalue weighted by Gasteiger charge is -2.23. The van der Waals surface area contributed by atoms with Crippen LogP contribution in [0.4, 0.5) is 0 Å². The van der Waals surface area contributed by atoms with Crippen molar-refractivity contribution >= 4 is 11.9 Å². The Balaban J connectivity index is 3.46. The molecular weight excluding hydrogens is 280 g/mol. The summed E-state index contributed by atoms with van der Waals surface area (Å²) in [5.74, 6) is -2.13. The SMILES string of the molecule is CCC(C)Cc1ccc(C(=O)[O-])c(CC(C)CC)c1C(=O)[O-]. The van der Waals surface area contributed by atoms with E-state index in [1.54, 1.807) is 6.07 Å². The number of hydrogen-bond donors (Lipinski definition) is 0. The monoisotopic (exact) mass is 304 g/mol. The van der Waals surface area contributed by atoms with Gasteiger partial charge in [0.15, 0.2) is 0 Å². The molecule has 0 N–H and O–H groups in total. The Kier molecular flexibility index (Phi) is 6.60. The molecule has 0 aliphatic rings. The summed E-state index contributed by atoms with van der Waals surface area (Å²) in [5, 5.41) is 23.0. The number of benzene rings is 1. The topological polar surface area (TPSA) is 80.3 Å². The zero-order chi connectivity index (χ0) is 16.9. The van der Waals surface area contributed by atoms with Crippen LogP contribution in [0.1, 0.15) is 72.4 Å². The van der Waals surface area contributed by atoms with Crippen molar-refractivity contribution in [1.82, 2.24) is 0 Å². The number of carbonyl (C=O) groups excluding carboxylic acids is 2. The van der Waals surface area contributed by atoms with Gasteiger partial charge in [-0.1, -0.05) is 52.7 Å². The summed E-state index contributed by atoms with van der Waals surface area (Å²) in [6.07, 6.45) is 2.77. The largest absolute Gasteiger partial charge is 0.545 e. The molecule has 0 saturated carbocycles. The van der Waals surface area contributed by atoms with Gasteiger partial charge >= 0.3 is 0 Å². The molecule has 0 spiro atoms. The van der Waals surface area contributed by atoms with Crippen molar-refractivity contribution in [2.24, 2.45) is 11.8 Å². The van der Waals surface area contributed by atoms with E-state index in [-0.39, 0.29) is 17.0 Å². The molecule has 2 atom stereocenters. The van der Waals surface area contributed by atoms with Crippen LogP contribution in [0.15, 0.2) is 12.1 Å². The summed E-state index contributed by atoms with van der Waals surface area (Å²) in [7, 11) is 0. The lowest BCUT2D eigenvalue weighted by molar-refractivity contribution is -0.255. The average molecular weight is 304 g/mol. The normalized spacial score (nSPS) is 13.6. The van der Waals surface area contributed by atoms with Crippen LogP contribution in [-0.2, 0) is 12.8 Å². The molecular formula is C18H24O4-2. The molecule has 0 bridgehead atoms. The van der Waals surface area contributed by atoms with Crippen molar-refractivity contribution in [3.63, 3.8) is 0 Å². The molecule has 0 amide bonds. The van der Waals surface area contributed by atoms with Crippen LogP contribution in [0.2, 0.25) is 0 Å². The van der Waals surface area contributed by atoms with Crippen molar-refractivity contribution in [1.29, 1.82) is 0 Å².